The Balaban J connectivity index is 2.09. The molecule has 1 atom stereocenters. The summed E-state index contributed by atoms with van der Waals surface area (Å²) in [6.07, 6.45) is 1.56. The van der Waals surface area contributed by atoms with Crippen LogP contribution in [0.25, 0.3) is 0 Å². The standard InChI is InChI=1S/C12H11N5O3/c1-20-8-4-2-3-7(5-8)10-6-9(11(18)19)13-12-14-15-16-17(10)12/h2-6,10H,1H3,(H,18,19)(H,13,14,16)/t10-/m1/s1. The molecule has 0 spiro atoms. The minimum Gasteiger partial charge on any atom is -0.497 e. The van der Waals surface area contributed by atoms with E-state index in [-0.39, 0.29) is 11.6 Å². The van der Waals surface area contributed by atoms with Crippen molar-refractivity contribution in [1.29, 1.82) is 0 Å². The zero-order chi connectivity index (χ0) is 14.1. The van der Waals surface area contributed by atoms with Crippen molar-refractivity contribution in [3.05, 3.63) is 41.6 Å². The van der Waals surface area contributed by atoms with Crippen LogP contribution in [-0.2, 0) is 4.79 Å². The van der Waals surface area contributed by atoms with Crippen LogP contribution in [-0.4, -0.2) is 38.4 Å². The van der Waals surface area contributed by atoms with E-state index in [9.17, 15) is 4.79 Å². The number of carboxylic acids is 1. The molecule has 102 valence electrons. The first-order chi connectivity index (χ1) is 9.69. The SMILES string of the molecule is COc1cccc([C@H]2C=C(C(=O)O)Nc3nnnn32)c1. The molecule has 3 rings (SSSR count). The van der Waals surface area contributed by atoms with Crippen LogP contribution in [0.3, 0.4) is 0 Å². The smallest absolute Gasteiger partial charge is 0.352 e. The van der Waals surface area contributed by atoms with Gasteiger partial charge >= 0.3 is 5.97 Å². The number of ether oxygens (including phenoxy) is 1. The Kier molecular flexibility index (Phi) is 2.82. The van der Waals surface area contributed by atoms with Crippen LogP contribution in [0.1, 0.15) is 11.6 Å². The number of anilines is 1. The largest absolute Gasteiger partial charge is 0.497 e. The molecule has 8 nitrogen and oxygen atoms in total. The Bertz CT molecular complexity index is 694. The number of hydrogen-bond donors (Lipinski definition) is 2. The highest BCUT2D eigenvalue weighted by Gasteiger charge is 2.26. The summed E-state index contributed by atoms with van der Waals surface area (Å²) in [6, 6.07) is 6.92. The molecular formula is C12H11N5O3. The molecule has 1 aliphatic rings. The molecule has 0 saturated heterocycles. The number of tetrazole rings is 1. The molecule has 0 saturated carbocycles. The summed E-state index contributed by atoms with van der Waals surface area (Å²) in [5.41, 5.74) is 0.873. The molecule has 20 heavy (non-hydrogen) atoms. The van der Waals surface area contributed by atoms with Gasteiger partial charge in [0.05, 0.1) is 7.11 Å². The van der Waals surface area contributed by atoms with Crippen LogP contribution >= 0.6 is 0 Å². The lowest BCUT2D eigenvalue weighted by Gasteiger charge is -2.21. The van der Waals surface area contributed by atoms with Crippen molar-refractivity contribution in [3.63, 3.8) is 0 Å². The lowest BCUT2D eigenvalue weighted by Crippen LogP contribution is -2.24. The van der Waals surface area contributed by atoms with Gasteiger partial charge < -0.3 is 15.2 Å². The molecule has 0 fully saturated rings. The molecule has 8 heteroatoms. The van der Waals surface area contributed by atoms with Crippen molar-refractivity contribution in [2.24, 2.45) is 0 Å². The first-order valence-corrected chi connectivity index (χ1v) is 5.83. The van der Waals surface area contributed by atoms with Gasteiger partial charge in [-0.1, -0.05) is 17.2 Å². The second-order valence-electron chi connectivity index (χ2n) is 4.18. The fraction of sp³-hybridized carbons (Fsp3) is 0.167. The van der Waals surface area contributed by atoms with E-state index in [0.717, 1.165) is 5.56 Å². The highest BCUT2D eigenvalue weighted by atomic mass is 16.5. The number of rotatable bonds is 3. The maximum Gasteiger partial charge on any atom is 0.352 e. The number of hydrogen-bond acceptors (Lipinski definition) is 6. The number of benzene rings is 1. The van der Waals surface area contributed by atoms with Crippen LogP contribution < -0.4 is 10.1 Å². The van der Waals surface area contributed by atoms with Gasteiger partial charge in [0.15, 0.2) is 0 Å². The number of allylic oxidation sites excluding steroid dienone is 1. The third kappa shape index (κ3) is 1.96. The van der Waals surface area contributed by atoms with Gasteiger partial charge in [-0.3, -0.25) is 0 Å². The molecule has 1 aliphatic heterocycles. The zero-order valence-electron chi connectivity index (χ0n) is 10.5. The Labute approximate surface area is 113 Å². The van der Waals surface area contributed by atoms with Crippen LogP contribution in [0.15, 0.2) is 36.0 Å². The number of carbonyl (C=O) groups is 1. The van der Waals surface area contributed by atoms with Crippen LogP contribution in [0.4, 0.5) is 5.95 Å². The van der Waals surface area contributed by atoms with Gasteiger partial charge in [0.2, 0.25) is 5.95 Å². The number of nitrogens with zero attached hydrogens (tertiary/aromatic N) is 4. The highest BCUT2D eigenvalue weighted by Crippen LogP contribution is 2.29. The van der Waals surface area contributed by atoms with E-state index in [1.54, 1.807) is 13.2 Å². The molecule has 0 aliphatic carbocycles. The Morgan fingerprint density at radius 2 is 2.35 bits per heavy atom. The third-order valence-electron chi connectivity index (χ3n) is 2.99. The molecule has 1 aromatic carbocycles. The maximum absolute atomic E-state index is 11.2. The lowest BCUT2D eigenvalue weighted by molar-refractivity contribution is -0.132. The number of methoxy groups -OCH3 is 1. The molecule has 1 aromatic heterocycles. The number of nitrogens with one attached hydrogen (secondary N) is 1. The predicted molar refractivity (Wildman–Crippen MR) is 68.3 cm³/mol. The van der Waals surface area contributed by atoms with Gasteiger partial charge in [0.1, 0.15) is 17.5 Å². The summed E-state index contributed by atoms with van der Waals surface area (Å²) in [6.45, 7) is 0. The van der Waals surface area contributed by atoms with Gasteiger partial charge in [0, 0.05) is 0 Å². The summed E-state index contributed by atoms with van der Waals surface area (Å²) < 4.78 is 6.69. The van der Waals surface area contributed by atoms with E-state index < -0.39 is 12.0 Å². The monoisotopic (exact) mass is 273 g/mol. The second kappa shape index (κ2) is 4.65. The van der Waals surface area contributed by atoms with E-state index in [0.29, 0.717) is 5.75 Å². The molecule has 0 radical (unpaired) electrons. The third-order valence-corrected chi connectivity index (χ3v) is 2.99. The quantitative estimate of drug-likeness (QED) is 0.847. The maximum atomic E-state index is 11.2. The van der Waals surface area contributed by atoms with Crippen LogP contribution in [0.2, 0.25) is 0 Å². The highest BCUT2D eigenvalue weighted by molar-refractivity contribution is 5.90. The predicted octanol–water partition coefficient (Wildman–Crippen LogP) is 0.665. The number of carboxylic acid groups (broad SMARTS) is 1. The first-order valence-electron chi connectivity index (χ1n) is 5.83. The normalized spacial score (nSPS) is 16.9. The van der Waals surface area contributed by atoms with Gasteiger partial charge in [-0.2, -0.15) is 4.68 Å². The van der Waals surface area contributed by atoms with E-state index in [4.69, 9.17) is 9.84 Å². The molecule has 2 N–H and O–H groups in total. The summed E-state index contributed by atoms with van der Waals surface area (Å²) in [5, 5.41) is 23.0. The fourth-order valence-corrected chi connectivity index (χ4v) is 2.04. The summed E-state index contributed by atoms with van der Waals surface area (Å²) in [7, 11) is 1.57. The van der Waals surface area contributed by atoms with Gasteiger partial charge in [-0.05, 0) is 34.2 Å². The van der Waals surface area contributed by atoms with Gasteiger partial charge in [-0.25, -0.2) is 4.79 Å². The van der Waals surface area contributed by atoms with E-state index in [1.807, 2.05) is 24.3 Å². The average Bonchev–Trinajstić information content (AvgIpc) is 2.94. The van der Waals surface area contributed by atoms with E-state index in [1.165, 1.54) is 4.68 Å². The van der Waals surface area contributed by atoms with Crippen molar-refractivity contribution in [2.75, 3.05) is 12.4 Å². The number of fused-ring (bicyclic) bond motifs is 1. The molecule has 2 heterocycles. The molecular weight excluding hydrogens is 262 g/mol. The fourth-order valence-electron chi connectivity index (χ4n) is 2.04. The summed E-state index contributed by atoms with van der Waals surface area (Å²) >= 11 is 0. The minimum atomic E-state index is -1.06. The van der Waals surface area contributed by atoms with Crippen molar-refractivity contribution in [2.45, 2.75) is 6.04 Å². The molecule has 2 aromatic rings. The first kappa shape index (κ1) is 12.2. The molecule has 0 amide bonds. The average molecular weight is 273 g/mol. The molecule has 0 unspecified atom stereocenters. The minimum absolute atomic E-state index is 0.0418. The number of aliphatic carboxylic acids is 1. The Morgan fingerprint density at radius 1 is 1.50 bits per heavy atom. The van der Waals surface area contributed by atoms with Crippen molar-refractivity contribution in [1.82, 2.24) is 20.2 Å². The van der Waals surface area contributed by atoms with Crippen LogP contribution in [0.5, 0.6) is 5.75 Å². The lowest BCUT2D eigenvalue weighted by atomic mass is 10.0. The van der Waals surface area contributed by atoms with E-state index >= 15 is 0 Å². The van der Waals surface area contributed by atoms with Crippen molar-refractivity contribution < 1.29 is 14.6 Å². The summed E-state index contributed by atoms with van der Waals surface area (Å²) in [5.74, 6) is -0.0919. The topological polar surface area (TPSA) is 102 Å². The van der Waals surface area contributed by atoms with Gasteiger partial charge in [-0.15, -0.1) is 0 Å². The van der Waals surface area contributed by atoms with Crippen molar-refractivity contribution >= 4 is 11.9 Å². The Hall–Kier alpha value is -2.90. The van der Waals surface area contributed by atoms with Crippen molar-refractivity contribution in [3.8, 4) is 5.75 Å². The van der Waals surface area contributed by atoms with E-state index in [2.05, 4.69) is 20.8 Å². The van der Waals surface area contributed by atoms with Crippen LogP contribution in [0, 0.1) is 0 Å². The van der Waals surface area contributed by atoms with Gasteiger partial charge in [0.25, 0.3) is 0 Å². The molecule has 0 bridgehead atoms. The summed E-state index contributed by atoms with van der Waals surface area (Å²) in [4.78, 5) is 11.2. The second-order valence-corrected chi connectivity index (χ2v) is 4.18. The number of aromatic nitrogens is 4. The Morgan fingerprint density at radius 3 is 3.10 bits per heavy atom. The zero-order valence-corrected chi connectivity index (χ0v) is 10.5.